The molecule has 0 radical (unpaired) electrons. The highest BCUT2D eigenvalue weighted by Gasteiger charge is 2.49. The number of nitrogens with zero attached hydrogens (tertiary/aromatic N) is 3. The summed E-state index contributed by atoms with van der Waals surface area (Å²) in [5.41, 5.74) is 0.508. The molecule has 0 saturated heterocycles. The summed E-state index contributed by atoms with van der Waals surface area (Å²) in [7, 11) is 1.63. The molecule has 2 aromatic rings. The number of aromatic nitrogens is 3. The van der Waals surface area contributed by atoms with Gasteiger partial charge in [0, 0.05) is 25.0 Å². The van der Waals surface area contributed by atoms with Gasteiger partial charge in [0.1, 0.15) is 0 Å². The molecule has 0 aliphatic rings. The number of carbonyl (C=O) groups excluding carboxylic acids is 1. The Kier molecular flexibility index (Phi) is 3.92. The smallest absolute Gasteiger partial charge is 0.319 e. The maximum atomic E-state index is 13.0. The molecule has 0 spiro atoms. The van der Waals surface area contributed by atoms with Crippen LogP contribution in [0.2, 0.25) is 0 Å². The zero-order chi connectivity index (χ0) is 15.6. The summed E-state index contributed by atoms with van der Waals surface area (Å²) in [4.78, 5) is 15.2. The molecule has 9 heteroatoms. The van der Waals surface area contributed by atoms with Crippen LogP contribution in [0.5, 0.6) is 0 Å². The molecule has 0 aliphatic heterocycles. The van der Waals surface area contributed by atoms with Gasteiger partial charge in [-0.2, -0.15) is 13.9 Å². The second-order valence-electron chi connectivity index (χ2n) is 4.18. The van der Waals surface area contributed by atoms with Gasteiger partial charge in [0.2, 0.25) is 0 Å². The van der Waals surface area contributed by atoms with Crippen LogP contribution in [0.1, 0.15) is 0 Å². The number of pyridine rings is 1. The summed E-state index contributed by atoms with van der Waals surface area (Å²) in [5, 5.41) is 5.66. The first-order chi connectivity index (χ1) is 9.82. The summed E-state index contributed by atoms with van der Waals surface area (Å²) in [6.07, 6.45) is 0.242. The van der Waals surface area contributed by atoms with Crippen LogP contribution in [0.3, 0.4) is 0 Å². The average Bonchev–Trinajstić information content (AvgIpc) is 2.85. The van der Waals surface area contributed by atoms with E-state index in [4.69, 9.17) is 0 Å². The van der Waals surface area contributed by atoms with Crippen LogP contribution in [-0.4, -0.2) is 33.0 Å². The Balaban J connectivity index is 2.32. The van der Waals surface area contributed by atoms with E-state index >= 15 is 0 Å². The minimum atomic E-state index is -4.78. The minimum Gasteiger partial charge on any atom is -0.319 e. The van der Waals surface area contributed by atoms with E-state index < -0.39 is 18.3 Å². The first-order valence-electron chi connectivity index (χ1n) is 5.74. The van der Waals surface area contributed by atoms with Gasteiger partial charge < -0.3 is 5.32 Å². The quantitative estimate of drug-likeness (QED) is 0.882. The first kappa shape index (κ1) is 14.9. The van der Waals surface area contributed by atoms with E-state index in [2.05, 4.69) is 10.1 Å². The third-order valence-corrected chi connectivity index (χ3v) is 2.61. The van der Waals surface area contributed by atoms with Gasteiger partial charge in [-0.1, -0.05) is 0 Å². The fourth-order valence-electron chi connectivity index (χ4n) is 1.58. The molecule has 0 unspecified atom stereocenters. The van der Waals surface area contributed by atoms with E-state index in [-0.39, 0.29) is 11.4 Å². The molecule has 0 saturated carbocycles. The van der Waals surface area contributed by atoms with E-state index in [9.17, 15) is 22.4 Å². The van der Waals surface area contributed by atoms with Crippen molar-refractivity contribution in [3.8, 4) is 11.3 Å². The van der Waals surface area contributed by atoms with Crippen molar-refractivity contribution in [1.82, 2.24) is 14.8 Å². The van der Waals surface area contributed by atoms with Crippen molar-refractivity contribution in [3.05, 3.63) is 30.7 Å². The molecule has 2 rings (SSSR count). The molecular formula is C12H10F4N4O. The largest absolute Gasteiger partial charge is 0.383 e. The van der Waals surface area contributed by atoms with Crippen molar-refractivity contribution < 1.29 is 22.4 Å². The summed E-state index contributed by atoms with van der Waals surface area (Å²) in [6, 6.07) is 2.67. The topological polar surface area (TPSA) is 59.8 Å². The summed E-state index contributed by atoms with van der Waals surface area (Å²) >= 11 is 0. The van der Waals surface area contributed by atoms with Crippen LogP contribution in [-0.2, 0) is 11.8 Å². The number of hydrogen-bond donors (Lipinski definition) is 1. The van der Waals surface area contributed by atoms with E-state index in [1.54, 1.807) is 18.6 Å². The van der Waals surface area contributed by atoms with Crippen molar-refractivity contribution in [1.29, 1.82) is 0 Å². The van der Waals surface area contributed by atoms with E-state index in [1.807, 2.05) is 0 Å². The Morgan fingerprint density at radius 3 is 2.71 bits per heavy atom. The number of aryl methyl sites for hydroxylation is 1. The average molecular weight is 302 g/mol. The van der Waals surface area contributed by atoms with Crippen molar-refractivity contribution in [2.24, 2.45) is 7.05 Å². The van der Waals surface area contributed by atoms with Crippen molar-refractivity contribution >= 4 is 11.6 Å². The molecule has 0 atom stereocenters. The van der Waals surface area contributed by atoms with Crippen LogP contribution in [0, 0.1) is 0 Å². The van der Waals surface area contributed by atoms with Gasteiger partial charge in [-0.05, 0) is 12.1 Å². The highest BCUT2D eigenvalue weighted by Crippen LogP contribution is 2.28. The first-order valence-corrected chi connectivity index (χ1v) is 5.74. The molecule has 21 heavy (non-hydrogen) atoms. The highest BCUT2D eigenvalue weighted by atomic mass is 19.3. The van der Waals surface area contributed by atoms with Crippen LogP contribution in [0.4, 0.5) is 23.2 Å². The standard InChI is InChI=1S/C12H10F4N4O/c1-20-6-7(5-18-20)9-8(3-2-4-17-9)19-11(21)12(15,16)10(13)14/h2-6,10H,1H3,(H,19,21). The molecule has 5 nitrogen and oxygen atoms in total. The Bertz CT molecular complexity index is 656. The Hall–Kier alpha value is -2.45. The maximum Gasteiger partial charge on any atom is 0.383 e. The molecule has 112 valence electrons. The van der Waals surface area contributed by atoms with E-state index in [1.165, 1.54) is 29.2 Å². The predicted molar refractivity (Wildman–Crippen MR) is 66.0 cm³/mol. The number of carbonyl (C=O) groups is 1. The lowest BCUT2D eigenvalue weighted by molar-refractivity contribution is -0.163. The Morgan fingerprint density at radius 1 is 1.43 bits per heavy atom. The number of amides is 1. The summed E-state index contributed by atoms with van der Waals surface area (Å²) in [6.45, 7) is 0. The van der Waals surface area contributed by atoms with E-state index in [0.29, 0.717) is 5.56 Å². The van der Waals surface area contributed by atoms with Crippen LogP contribution >= 0.6 is 0 Å². The van der Waals surface area contributed by atoms with Crippen LogP contribution < -0.4 is 5.32 Å². The minimum absolute atomic E-state index is 0.101. The lowest BCUT2D eigenvalue weighted by atomic mass is 10.2. The SMILES string of the molecule is Cn1cc(-c2ncccc2NC(=O)C(F)(F)C(F)F)cn1. The second kappa shape index (κ2) is 5.51. The molecule has 0 fully saturated rings. The third kappa shape index (κ3) is 3.01. The zero-order valence-corrected chi connectivity index (χ0v) is 10.7. The van der Waals surface area contributed by atoms with Crippen molar-refractivity contribution in [2.75, 3.05) is 5.32 Å². The third-order valence-electron chi connectivity index (χ3n) is 2.61. The van der Waals surface area contributed by atoms with Gasteiger partial charge in [-0.25, -0.2) is 8.78 Å². The number of rotatable bonds is 4. The maximum absolute atomic E-state index is 13.0. The van der Waals surface area contributed by atoms with Gasteiger partial charge >= 0.3 is 18.3 Å². The lowest BCUT2D eigenvalue weighted by Crippen LogP contribution is -2.41. The summed E-state index contributed by atoms with van der Waals surface area (Å²) < 4.78 is 51.7. The molecule has 2 heterocycles. The molecule has 0 bridgehead atoms. The Morgan fingerprint density at radius 2 is 2.14 bits per heavy atom. The van der Waals surface area contributed by atoms with Crippen LogP contribution in [0.25, 0.3) is 11.3 Å². The van der Waals surface area contributed by atoms with Crippen LogP contribution in [0.15, 0.2) is 30.7 Å². The fraction of sp³-hybridized carbons (Fsp3) is 0.250. The highest BCUT2D eigenvalue weighted by molar-refractivity contribution is 5.99. The lowest BCUT2D eigenvalue weighted by Gasteiger charge is -2.15. The molecule has 2 aromatic heterocycles. The van der Waals surface area contributed by atoms with Gasteiger partial charge in [-0.15, -0.1) is 0 Å². The monoisotopic (exact) mass is 302 g/mol. The molecule has 1 amide bonds. The van der Waals surface area contributed by atoms with Crippen molar-refractivity contribution in [2.45, 2.75) is 12.3 Å². The molecular weight excluding hydrogens is 292 g/mol. The number of halogens is 4. The molecule has 0 aromatic carbocycles. The number of anilines is 1. The zero-order valence-electron chi connectivity index (χ0n) is 10.7. The predicted octanol–water partition coefficient (Wildman–Crippen LogP) is 2.32. The summed E-state index contributed by atoms with van der Waals surface area (Å²) in [5.74, 6) is -6.86. The number of hydrogen-bond acceptors (Lipinski definition) is 3. The Labute approximate surface area is 116 Å². The second-order valence-corrected chi connectivity index (χ2v) is 4.18. The van der Waals surface area contributed by atoms with Crippen molar-refractivity contribution in [3.63, 3.8) is 0 Å². The number of nitrogens with one attached hydrogen (secondary N) is 1. The van der Waals surface area contributed by atoms with Gasteiger partial charge in [0.25, 0.3) is 0 Å². The van der Waals surface area contributed by atoms with Gasteiger partial charge in [0.05, 0.1) is 17.6 Å². The molecule has 1 N–H and O–H groups in total. The molecule has 0 aliphatic carbocycles. The van der Waals surface area contributed by atoms with E-state index in [0.717, 1.165) is 0 Å². The number of alkyl halides is 4. The fourth-order valence-corrected chi connectivity index (χ4v) is 1.58. The normalized spacial score (nSPS) is 11.7. The van der Waals surface area contributed by atoms with Gasteiger partial charge in [-0.3, -0.25) is 14.5 Å². The van der Waals surface area contributed by atoms with Gasteiger partial charge in [0.15, 0.2) is 0 Å².